The zero-order chi connectivity index (χ0) is 30.8. The van der Waals surface area contributed by atoms with Gasteiger partial charge in [-0.15, -0.1) is 0 Å². The first kappa shape index (κ1) is 30.2. The second kappa shape index (κ2) is 13.0. The normalized spacial score (nSPS) is 17.3. The molecule has 1 unspecified atom stereocenters. The SMILES string of the molecule is Cc1nc(OC2CCC2)ccc1-c1nc2c(c(=O)n(CCCOC3CCCCO3)c(=O)n2C(C)C)n1Cc1ccc(F)cc1. The number of pyridine rings is 1. The van der Waals surface area contributed by atoms with E-state index in [-0.39, 0.29) is 37.3 Å². The Hall–Kier alpha value is -3.83. The van der Waals surface area contributed by atoms with Gasteiger partial charge in [0.2, 0.25) is 5.88 Å². The zero-order valence-electron chi connectivity index (χ0n) is 25.6. The Morgan fingerprint density at radius 1 is 1.00 bits per heavy atom. The summed E-state index contributed by atoms with van der Waals surface area (Å²) in [6.07, 6.45) is 6.57. The topological polar surface area (TPSA) is 102 Å². The maximum atomic E-state index is 14.2. The minimum atomic E-state index is -0.424. The molecule has 0 radical (unpaired) electrons. The first-order valence-corrected chi connectivity index (χ1v) is 15.7. The van der Waals surface area contributed by atoms with Crippen molar-refractivity contribution in [3.63, 3.8) is 0 Å². The van der Waals surface area contributed by atoms with Gasteiger partial charge < -0.3 is 18.8 Å². The van der Waals surface area contributed by atoms with Crippen molar-refractivity contribution in [3.8, 4) is 17.3 Å². The molecule has 0 N–H and O–H groups in total. The van der Waals surface area contributed by atoms with Crippen LogP contribution in [0, 0.1) is 12.7 Å². The van der Waals surface area contributed by atoms with Crippen molar-refractivity contribution in [3.05, 3.63) is 74.3 Å². The van der Waals surface area contributed by atoms with E-state index in [4.69, 9.17) is 24.2 Å². The molecular formula is C33H40FN5O5. The Bertz CT molecular complexity index is 1730. The molecule has 3 aromatic heterocycles. The number of hydrogen-bond acceptors (Lipinski definition) is 7. The van der Waals surface area contributed by atoms with Gasteiger partial charge in [0.25, 0.3) is 5.56 Å². The molecule has 6 rings (SSSR count). The van der Waals surface area contributed by atoms with Crippen LogP contribution in [-0.2, 0) is 22.6 Å². The van der Waals surface area contributed by atoms with E-state index in [1.165, 1.54) is 16.7 Å². The van der Waals surface area contributed by atoms with Gasteiger partial charge >= 0.3 is 5.69 Å². The van der Waals surface area contributed by atoms with Crippen LogP contribution in [0.3, 0.4) is 0 Å². The molecule has 11 heteroatoms. The summed E-state index contributed by atoms with van der Waals surface area (Å²) in [7, 11) is 0. The number of aryl methyl sites for hydroxylation is 1. The van der Waals surface area contributed by atoms with Crippen LogP contribution in [0.2, 0.25) is 0 Å². The zero-order valence-corrected chi connectivity index (χ0v) is 25.6. The van der Waals surface area contributed by atoms with Gasteiger partial charge in [0, 0.05) is 37.4 Å². The van der Waals surface area contributed by atoms with E-state index < -0.39 is 11.2 Å². The number of hydrogen-bond donors (Lipinski definition) is 0. The average molecular weight is 606 g/mol. The van der Waals surface area contributed by atoms with E-state index in [0.717, 1.165) is 49.7 Å². The molecule has 234 valence electrons. The molecule has 1 aromatic carbocycles. The molecule has 10 nitrogen and oxygen atoms in total. The van der Waals surface area contributed by atoms with E-state index in [9.17, 15) is 14.0 Å². The van der Waals surface area contributed by atoms with E-state index in [1.807, 2.05) is 37.5 Å². The van der Waals surface area contributed by atoms with Crippen LogP contribution in [-0.4, -0.2) is 49.3 Å². The van der Waals surface area contributed by atoms with Crippen molar-refractivity contribution < 1.29 is 18.6 Å². The van der Waals surface area contributed by atoms with E-state index in [0.29, 0.717) is 48.2 Å². The minimum Gasteiger partial charge on any atom is -0.474 e. The number of imidazole rings is 1. The third kappa shape index (κ3) is 6.21. The molecule has 0 spiro atoms. The van der Waals surface area contributed by atoms with E-state index in [1.54, 1.807) is 16.7 Å². The van der Waals surface area contributed by atoms with Crippen LogP contribution in [0.25, 0.3) is 22.6 Å². The number of aromatic nitrogens is 5. The maximum Gasteiger partial charge on any atom is 0.332 e. The third-order valence-electron chi connectivity index (χ3n) is 8.44. The highest BCUT2D eigenvalue weighted by Gasteiger charge is 2.26. The van der Waals surface area contributed by atoms with Crippen molar-refractivity contribution in [2.45, 2.75) is 97.2 Å². The van der Waals surface area contributed by atoms with Gasteiger partial charge in [0.05, 0.1) is 12.3 Å². The summed E-state index contributed by atoms with van der Waals surface area (Å²) in [4.78, 5) is 37.6. The lowest BCUT2D eigenvalue weighted by atomic mass is 9.96. The Kier molecular flexibility index (Phi) is 8.95. The molecule has 2 aliphatic rings. The van der Waals surface area contributed by atoms with Crippen LogP contribution in [0.1, 0.15) is 76.1 Å². The molecule has 2 fully saturated rings. The second-order valence-electron chi connectivity index (χ2n) is 12.0. The summed E-state index contributed by atoms with van der Waals surface area (Å²) in [5.41, 5.74) is 1.98. The molecule has 4 heterocycles. The van der Waals surface area contributed by atoms with Gasteiger partial charge in [-0.2, -0.15) is 0 Å². The number of nitrogens with zero attached hydrogens (tertiary/aromatic N) is 5. The fraction of sp³-hybridized carbons (Fsp3) is 0.515. The number of ether oxygens (including phenoxy) is 3. The van der Waals surface area contributed by atoms with Crippen molar-refractivity contribution in [1.82, 2.24) is 23.7 Å². The second-order valence-corrected chi connectivity index (χ2v) is 12.0. The highest BCUT2D eigenvalue weighted by molar-refractivity contribution is 5.78. The summed E-state index contributed by atoms with van der Waals surface area (Å²) < 4.78 is 36.0. The van der Waals surface area contributed by atoms with Crippen LogP contribution >= 0.6 is 0 Å². The molecule has 0 bridgehead atoms. The smallest absolute Gasteiger partial charge is 0.332 e. The quantitative estimate of drug-likeness (QED) is 0.212. The number of benzene rings is 1. The number of halogens is 1. The van der Waals surface area contributed by atoms with Crippen molar-refractivity contribution in [1.29, 1.82) is 0 Å². The van der Waals surface area contributed by atoms with E-state index >= 15 is 0 Å². The van der Waals surface area contributed by atoms with Gasteiger partial charge in [0.15, 0.2) is 17.5 Å². The first-order chi connectivity index (χ1) is 21.3. The minimum absolute atomic E-state index is 0.190. The Morgan fingerprint density at radius 3 is 2.45 bits per heavy atom. The fourth-order valence-electron chi connectivity index (χ4n) is 5.83. The standard InChI is InChI=1S/C33H40FN5O5/c1-21(2)39-31-29(32(40)37(33(39)41)17-7-19-43-28-10-4-5-18-42-28)38(20-23-11-13-24(34)14-12-23)30(36-31)26-15-16-27(35-22(26)3)44-25-8-6-9-25/h11-16,21,25,28H,4-10,17-20H2,1-3H3. The number of rotatable bonds is 11. The summed E-state index contributed by atoms with van der Waals surface area (Å²) in [5.74, 6) is 0.716. The Labute approximate surface area is 255 Å². The Morgan fingerprint density at radius 2 is 1.80 bits per heavy atom. The van der Waals surface area contributed by atoms with Crippen LogP contribution in [0.4, 0.5) is 4.39 Å². The molecule has 44 heavy (non-hydrogen) atoms. The van der Waals surface area contributed by atoms with Crippen molar-refractivity contribution >= 4 is 11.2 Å². The fourth-order valence-corrected chi connectivity index (χ4v) is 5.83. The lowest BCUT2D eigenvalue weighted by Gasteiger charge is -2.25. The summed E-state index contributed by atoms with van der Waals surface area (Å²) in [5, 5.41) is 0. The molecule has 1 atom stereocenters. The monoisotopic (exact) mass is 605 g/mol. The van der Waals surface area contributed by atoms with Gasteiger partial charge in [0.1, 0.15) is 17.7 Å². The largest absolute Gasteiger partial charge is 0.474 e. The summed E-state index contributed by atoms with van der Waals surface area (Å²) in [6, 6.07) is 9.63. The van der Waals surface area contributed by atoms with Gasteiger partial charge in [-0.05, 0) is 89.5 Å². The van der Waals surface area contributed by atoms with E-state index in [2.05, 4.69) is 0 Å². The highest BCUT2D eigenvalue weighted by Crippen LogP contribution is 2.30. The molecule has 1 saturated heterocycles. The number of fused-ring (bicyclic) bond motifs is 1. The Balaban J connectivity index is 1.43. The average Bonchev–Trinajstić information content (AvgIpc) is 3.34. The lowest BCUT2D eigenvalue weighted by molar-refractivity contribution is -0.163. The summed E-state index contributed by atoms with van der Waals surface area (Å²) >= 11 is 0. The van der Waals surface area contributed by atoms with Gasteiger partial charge in [-0.25, -0.2) is 19.2 Å². The molecule has 1 aliphatic heterocycles. The van der Waals surface area contributed by atoms with Crippen LogP contribution in [0.5, 0.6) is 5.88 Å². The summed E-state index contributed by atoms with van der Waals surface area (Å²) in [6.45, 7) is 7.18. The molecule has 0 amide bonds. The lowest BCUT2D eigenvalue weighted by Crippen LogP contribution is -2.41. The predicted molar refractivity (Wildman–Crippen MR) is 165 cm³/mol. The van der Waals surface area contributed by atoms with Crippen LogP contribution < -0.4 is 16.0 Å². The van der Waals surface area contributed by atoms with Crippen molar-refractivity contribution in [2.75, 3.05) is 13.2 Å². The van der Waals surface area contributed by atoms with Gasteiger partial charge in [-0.1, -0.05) is 12.1 Å². The molecular weight excluding hydrogens is 565 g/mol. The van der Waals surface area contributed by atoms with Gasteiger partial charge in [-0.3, -0.25) is 13.9 Å². The van der Waals surface area contributed by atoms with Crippen molar-refractivity contribution in [2.24, 2.45) is 0 Å². The highest BCUT2D eigenvalue weighted by atomic mass is 19.1. The first-order valence-electron chi connectivity index (χ1n) is 15.7. The molecule has 4 aromatic rings. The molecule has 1 saturated carbocycles. The molecule has 1 aliphatic carbocycles. The predicted octanol–water partition coefficient (Wildman–Crippen LogP) is 5.36. The third-order valence-corrected chi connectivity index (χ3v) is 8.44. The maximum absolute atomic E-state index is 14.2. The van der Waals surface area contributed by atoms with Crippen LogP contribution in [0.15, 0.2) is 46.0 Å².